The number of carbonyl (C=O) groups is 2. The van der Waals surface area contributed by atoms with Gasteiger partial charge in [-0.3, -0.25) is 9.59 Å². The first kappa shape index (κ1) is 25.0. The Hall–Kier alpha value is -4.66. The molecular weight excluding hydrogens is 480 g/mol. The second-order valence-electron chi connectivity index (χ2n) is 9.47. The fraction of sp³-hybridized carbons (Fsp3) is 0.241. The van der Waals surface area contributed by atoms with Crippen LogP contribution in [0.25, 0.3) is 33.4 Å². The van der Waals surface area contributed by atoms with Crippen LogP contribution in [0.2, 0.25) is 0 Å². The Morgan fingerprint density at radius 3 is 2.45 bits per heavy atom. The Morgan fingerprint density at radius 1 is 1.08 bits per heavy atom. The minimum atomic E-state index is -0.267. The molecule has 9 nitrogen and oxygen atoms in total. The smallest absolute Gasteiger partial charge is 0.253 e. The number of nitrogen functional groups attached to an aromatic ring is 1. The van der Waals surface area contributed by atoms with Crippen LogP contribution in [-0.2, 0) is 11.8 Å². The van der Waals surface area contributed by atoms with Crippen LogP contribution >= 0.6 is 0 Å². The van der Waals surface area contributed by atoms with Gasteiger partial charge in [0.05, 0.1) is 18.2 Å². The summed E-state index contributed by atoms with van der Waals surface area (Å²) in [5.74, 6) is 0.693. The van der Waals surface area contributed by atoms with Crippen molar-refractivity contribution in [3.05, 3.63) is 66.5 Å². The largest absolute Gasteiger partial charge is 0.496 e. The number of nitrogens with zero attached hydrogens (tertiary/aromatic N) is 4. The number of methoxy groups -OCH3 is 1. The second kappa shape index (κ2) is 10.0. The van der Waals surface area contributed by atoms with Gasteiger partial charge in [-0.2, -0.15) is 0 Å². The molecular formula is C29H30N6O3. The Balaban J connectivity index is 1.65. The van der Waals surface area contributed by atoms with Gasteiger partial charge >= 0.3 is 0 Å². The number of nitrogens with one attached hydrogen (secondary N) is 1. The van der Waals surface area contributed by atoms with E-state index in [0.29, 0.717) is 39.4 Å². The van der Waals surface area contributed by atoms with Crippen LogP contribution in [0.5, 0.6) is 5.75 Å². The molecule has 2 aromatic heterocycles. The molecule has 1 aliphatic heterocycles. The zero-order chi connectivity index (χ0) is 27.0. The summed E-state index contributed by atoms with van der Waals surface area (Å²) in [6.07, 6.45) is 3.52. The fourth-order valence-corrected chi connectivity index (χ4v) is 4.96. The van der Waals surface area contributed by atoms with Gasteiger partial charge in [-0.05, 0) is 49.6 Å². The van der Waals surface area contributed by atoms with Gasteiger partial charge in [0.2, 0.25) is 0 Å². The molecule has 4 aromatic rings. The van der Waals surface area contributed by atoms with Crippen LogP contribution < -0.4 is 15.8 Å². The average molecular weight is 511 g/mol. The molecule has 0 radical (unpaired) electrons. The number of hydrogen-bond donors (Lipinski definition) is 2. The number of hydrogen-bond acceptors (Lipinski definition) is 6. The first-order valence-corrected chi connectivity index (χ1v) is 12.4. The van der Waals surface area contributed by atoms with Crippen LogP contribution in [0.1, 0.15) is 30.1 Å². The van der Waals surface area contributed by atoms with Gasteiger partial charge < -0.3 is 25.3 Å². The molecule has 0 saturated carbocycles. The first-order chi connectivity index (χ1) is 18.3. The number of nitrogens with two attached hydrogens (primary N) is 1. The van der Waals surface area contributed by atoms with Crippen LogP contribution in [0.15, 0.2) is 60.9 Å². The van der Waals surface area contributed by atoms with Crippen LogP contribution in [0.4, 0.5) is 11.5 Å². The predicted octanol–water partition coefficient (Wildman–Crippen LogP) is 4.64. The van der Waals surface area contributed by atoms with E-state index < -0.39 is 0 Å². The van der Waals surface area contributed by atoms with Crippen molar-refractivity contribution in [1.82, 2.24) is 19.4 Å². The van der Waals surface area contributed by atoms with Gasteiger partial charge in [0, 0.05) is 54.2 Å². The van der Waals surface area contributed by atoms with Crippen molar-refractivity contribution in [2.75, 3.05) is 31.2 Å². The number of anilines is 2. The van der Waals surface area contributed by atoms with Gasteiger partial charge in [0.1, 0.15) is 23.5 Å². The minimum Gasteiger partial charge on any atom is -0.496 e. The van der Waals surface area contributed by atoms with E-state index in [1.165, 1.54) is 6.33 Å². The average Bonchev–Trinajstić information content (AvgIpc) is 3.56. The van der Waals surface area contributed by atoms with Crippen LogP contribution in [-0.4, -0.2) is 51.4 Å². The first-order valence-electron chi connectivity index (χ1n) is 12.4. The van der Waals surface area contributed by atoms with Crippen molar-refractivity contribution in [3.63, 3.8) is 0 Å². The quantitative estimate of drug-likeness (QED) is 0.365. The monoisotopic (exact) mass is 510 g/mol. The molecule has 0 aliphatic carbocycles. The molecule has 0 atom stereocenters. The summed E-state index contributed by atoms with van der Waals surface area (Å²) in [7, 11) is 3.49. The molecule has 0 unspecified atom stereocenters. The number of aryl methyl sites for hydroxylation is 1. The Bertz CT molecular complexity index is 1570. The highest BCUT2D eigenvalue weighted by Gasteiger charge is 2.25. The molecule has 194 valence electrons. The van der Waals surface area contributed by atoms with Crippen LogP contribution in [0, 0.1) is 0 Å². The number of carbonyl (C=O) groups excluding carboxylic acids is 2. The maximum atomic E-state index is 12.9. The fourth-order valence-electron chi connectivity index (χ4n) is 4.96. The Kier molecular flexibility index (Phi) is 6.59. The number of benzene rings is 2. The van der Waals surface area contributed by atoms with Crippen molar-refractivity contribution < 1.29 is 14.3 Å². The molecule has 3 heterocycles. The molecule has 0 spiro atoms. The molecule has 1 saturated heterocycles. The molecule has 3 N–H and O–H groups in total. The van der Waals surface area contributed by atoms with Gasteiger partial charge in [0.25, 0.3) is 11.8 Å². The van der Waals surface area contributed by atoms with Gasteiger partial charge in [-0.25, -0.2) is 9.97 Å². The molecule has 0 bridgehead atoms. The lowest BCUT2D eigenvalue weighted by Gasteiger charge is -2.16. The lowest BCUT2D eigenvalue weighted by atomic mass is 9.97. The SMILES string of the molecule is C=C(C)C(=O)Nc1ccc(-c2c(-c3ccc(C(=O)N4CCCC4)cc3)c3c(N)ncnc3n2C)c(OC)c1. The number of rotatable bonds is 6. The van der Waals surface area contributed by atoms with Crippen molar-refractivity contribution >= 4 is 34.4 Å². The van der Waals surface area contributed by atoms with E-state index in [0.717, 1.165) is 48.3 Å². The molecule has 38 heavy (non-hydrogen) atoms. The summed E-state index contributed by atoms with van der Waals surface area (Å²) in [5, 5.41) is 3.54. The third kappa shape index (κ3) is 4.36. The second-order valence-corrected chi connectivity index (χ2v) is 9.47. The van der Waals surface area contributed by atoms with Crippen LogP contribution in [0.3, 0.4) is 0 Å². The standard InChI is InChI=1S/C29H30N6O3/c1-17(2)28(36)33-20-11-12-21(22(15-20)38-4)25-23(24-26(30)31-16-32-27(24)34(25)3)18-7-9-19(10-8-18)29(37)35-13-5-6-14-35/h7-12,15-16H,1,5-6,13-14H2,2-4H3,(H,33,36)(H2,30,31,32). The lowest BCUT2D eigenvalue weighted by molar-refractivity contribution is -0.112. The van der Waals surface area contributed by atoms with Gasteiger partial charge in [-0.1, -0.05) is 18.7 Å². The maximum Gasteiger partial charge on any atom is 0.253 e. The topological polar surface area (TPSA) is 115 Å². The molecule has 1 aliphatic rings. The number of aromatic nitrogens is 3. The lowest BCUT2D eigenvalue weighted by Crippen LogP contribution is -2.27. The van der Waals surface area contributed by atoms with Crippen molar-refractivity contribution in [1.29, 1.82) is 0 Å². The molecule has 9 heteroatoms. The summed E-state index contributed by atoms with van der Waals surface area (Å²) in [6, 6.07) is 13.0. The summed E-state index contributed by atoms with van der Waals surface area (Å²) < 4.78 is 7.71. The van der Waals surface area contributed by atoms with E-state index in [1.54, 1.807) is 20.1 Å². The number of likely N-dealkylation sites (tertiary alicyclic amines) is 1. The summed E-state index contributed by atoms with van der Waals surface area (Å²) in [4.78, 5) is 35.7. The summed E-state index contributed by atoms with van der Waals surface area (Å²) in [5.41, 5.74) is 12.0. The minimum absolute atomic E-state index is 0.0455. The van der Waals surface area contributed by atoms with Crippen molar-refractivity contribution in [3.8, 4) is 28.1 Å². The highest BCUT2D eigenvalue weighted by atomic mass is 16.5. The normalized spacial score (nSPS) is 13.1. The van der Waals surface area contributed by atoms with E-state index in [-0.39, 0.29) is 11.8 Å². The van der Waals surface area contributed by atoms with E-state index in [9.17, 15) is 9.59 Å². The van der Waals surface area contributed by atoms with Crippen molar-refractivity contribution in [2.45, 2.75) is 19.8 Å². The molecule has 5 rings (SSSR count). The Labute approximate surface area is 220 Å². The summed E-state index contributed by atoms with van der Waals surface area (Å²) in [6.45, 7) is 6.94. The predicted molar refractivity (Wildman–Crippen MR) is 149 cm³/mol. The van der Waals surface area contributed by atoms with Crippen molar-refractivity contribution in [2.24, 2.45) is 7.05 Å². The van der Waals surface area contributed by atoms with Gasteiger partial charge in [-0.15, -0.1) is 0 Å². The molecule has 2 amide bonds. The zero-order valence-electron chi connectivity index (χ0n) is 21.7. The Morgan fingerprint density at radius 2 is 1.79 bits per heavy atom. The number of ether oxygens (including phenoxy) is 1. The van der Waals surface area contributed by atoms with E-state index in [4.69, 9.17) is 10.5 Å². The van der Waals surface area contributed by atoms with E-state index in [2.05, 4.69) is 21.9 Å². The zero-order valence-corrected chi connectivity index (χ0v) is 21.7. The molecule has 2 aromatic carbocycles. The number of fused-ring (bicyclic) bond motifs is 1. The maximum absolute atomic E-state index is 12.9. The van der Waals surface area contributed by atoms with Gasteiger partial charge in [0.15, 0.2) is 0 Å². The third-order valence-corrected chi connectivity index (χ3v) is 6.91. The molecule has 1 fully saturated rings. The highest BCUT2D eigenvalue weighted by Crippen LogP contribution is 2.45. The van der Waals surface area contributed by atoms with E-state index >= 15 is 0 Å². The van der Waals surface area contributed by atoms with E-state index in [1.807, 2.05) is 52.9 Å². The number of amides is 2. The summed E-state index contributed by atoms with van der Waals surface area (Å²) >= 11 is 0. The third-order valence-electron chi connectivity index (χ3n) is 6.91. The highest BCUT2D eigenvalue weighted by molar-refractivity contribution is 6.09.